The zero-order valence-electron chi connectivity index (χ0n) is 9.72. The van der Waals surface area contributed by atoms with Crippen molar-refractivity contribution in [3.63, 3.8) is 0 Å². The number of anilines is 1. The Morgan fingerprint density at radius 2 is 1.79 bits per heavy atom. The van der Waals surface area contributed by atoms with Gasteiger partial charge in [-0.2, -0.15) is 8.78 Å². The van der Waals surface area contributed by atoms with Gasteiger partial charge in [0.1, 0.15) is 0 Å². The standard InChI is InChI=1S/C11H10F4N2O2/c1-16-8(18)6-4-2-3-5-7(6)17-10(19)11(14,15)9(12)13/h2-5,9H,1H3,(H,16,18)(H,17,19). The van der Waals surface area contributed by atoms with E-state index in [-0.39, 0.29) is 11.3 Å². The van der Waals surface area contributed by atoms with Gasteiger partial charge in [0.15, 0.2) is 0 Å². The Labute approximate surface area is 105 Å². The highest BCUT2D eigenvalue weighted by molar-refractivity contribution is 6.05. The number of carbonyl (C=O) groups excluding carboxylic acids is 2. The predicted octanol–water partition coefficient (Wildman–Crippen LogP) is 1.89. The van der Waals surface area contributed by atoms with E-state index in [1.54, 1.807) is 5.32 Å². The van der Waals surface area contributed by atoms with Crippen molar-refractivity contribution in [3.8, 4) is 0 Å². The number of amides is 2. The number of halogens is 4. The van der Waals surface area contributed by atoms with Crippen molar-refractivity contribution in [2.24, 2.45) is 0 Å². The predicted molar refractivity (Wildman–Crippen MR) is 59.4 cm³/mol. The van der Waals surface area contributed by atoms with Crippen molar-refractivity contribution in [3.05, 3.63) is 29.8 Å². The molecule has 4 nitrogen and oxygen atoms in total. The van der Waals surface area contributed by atoms with Crippen molar-refractivity contribution < 1.29 is 27.2 Å². The molecule has 0 saturated heterocycles. The van der Waals surface area contributed by atoms with Gasteiger partial charge < -0.3 is 10.6 Å². The molecule has 0 aromatic heterocycles. The largest absolute Gasteiger partial charge is 0.383 e. The average molecular weight is 278 g/mol. The smallest absolute Gasteiger partial charge is 0.355 e. The number of hydrogen-bond acceptors (Lipinski definition) is 2. The highest BCUT2D eigenvalue weighted by Gasteiger charge is 2.49. The van der Waals surface area contributed by atoms with Gasteiger partial charge in [-0.3, -0.25) is 9.59 Å². The second-order valence-corrected chi connectivity index (χ2v) is 3.50. The number of para-hydroxylation sites is 1. The molecule has 1 rings (SSSR count). The van der Waals surface area contributed by atoms with E-state index >= 15 is 0 Å². The summed E-state index contributed by atoms with van der Waals surface area (Å²) in [6.07, 6.45) is -4.13. The Morgan fingerprint density at radius 3 is 2.32 bits per heavy atom. The third-order valence-electron chi connectivity index (χ3n) is 2.22. The summed E-state index contributed by atoms with van der Waals surface area (Å²) in [7, 11) is 1.30. The summed E-state index contributed by atoms with van der Waals surface area (Å²) in [6.45, 7) is 0. The van der Waals surface area contributed by atoms with Crippen LogP contribution in [0.5, 0.6) is 0 Å². The van der Waals surface area contributed by atoms with Crippen LogP contribution < -0.4 is 10.6 Å². The van der Waals surface area contributed by atoms with Gasteiger partial charge in [-0.1, -0.05) is 12.1 Å². The number of hydrogen-bond donors (Lipinski definition) is 2. The molecule has 0 atom stereocenters. The molecule has 2 N–H and O–H groups in total. The first kappa shape index (κ1) is 14.9. The molecule has 1 aromatic carbocycles. The van der Waals surface area contributed by atoms with E-state index in [1.165, 1.54) is 25.2 Å². The molecule has 104 valence electrons. The molecule has 0 spiro atoms. The zero-order chi connectivity index (χ0) is 14.6. The molecule has 0 unspecified atom stereocenters. The number of alkyl halides is 4. The lowest BCUT2D eigenvalue weighted by Gasteiger charge is -2.16. The summed E-state index contributed by atoms with van der Waals surface area (Å²) in [4.78, 5) is 22.5. The molecule has 0 radical (unpaired) electrons. The van der Waals surface area contributed by atoms with Gasteiger partial charge in [0.05, 0.1) is 11.3 Å². The van der Waals surface area contributed by atoms with Gasteiger partial charge in [-0.25, -0.2) is 8.78 Å². The van der Waals surface area contributed by atoms with Gasteiger partial charge >= 0.3 is 18.3 Å². The van der Waals surface area contributed by atoms with Crippen LogP contribution in [-0.4, -0.2) is 31.2 Å². The van der Waals surface area contributed by atoms with Gasteiger partial charge in [0.25, 0.3) is 5.91 Å². The Balaban J connectivity index is 3.01. The summed E-state index contributed by atoms with van der Waals surface area (Å²) >= 11 is 0. The Kier molecular flexibility index (Phi) is 4.47. The fourth-order valence-electron chi connectivity index (χ4n) is 1.23. The van der Waals surface area contributed by atoms with Gasteiger partial charge in [-0.05, 0) is 12.1 Å². The second kappa shape index (κ2) is 5.68. The summed E-state index contributed by atoms with van der Waals surface area (Å²) in [5.41, 5.74) is -0.379. The molecule has 0 saturated carbocycles. The van der Waals surface area contributed by atoms with Crippen molar-refractivity contribution in [2.75, 3.05) is 12.4 Å². The van der Waals surface area contributed by atoms with Crippen LogP contribution in [0.3, 0.4) is 0 Å². The first-order valence-electron chi connectivity index (χ1n) is 5.09. The Hall–Kier alpha value is -2.12. The van der Waals surface area contributed by atoms with Crippen LogP contribution in [0.2, 0.25) is 0 Å². The molecule has 0 aliphatic carbocycles. The third-order valence-corrected chi connectivity index (χ3v) is 2.22. The lowest BCUT2D eigenvalue weighted by molar-refractivity contribution is -0.163. The van der Waals surface area contributed by atoms with E-state index in [4.69, 9.17) is 0 Å². The van der Waals surface area contributed by atoms with E-state index in [9.17, 15) is 27.2 Å². The maximum atomic E-state index is 12.8. The third kappa shape index (κ3) is 3.21. The van der Waals surface area contributed by atoms with E-state index in [2.05, 4.69) is 5.32 Å². The maximum absolute atomic E-state index is 12.8. The minimum atomic E-state index is -4.82. The summed E-state index contributed by atoms with van der Waals surface area (Å²) in [5.74, 6) is -7.63. The zero-order valence-corrected chi connectivity index (χ0v) is 9.72. The molecule has 1 aromatic rings. The quantitative estimate of drug-likeness (QED) is 0.826. The van der Waals surface area contributed by atoms with Crippen LogP contribution in [0, 0.1) is 0 Å². The summed E-state index contributed by atoms with van der Waals surface area (Å²) in [5, 5.41) is 3.85. The molecule has 0 aliphatic rings. The monoisotopic (exact) mass is 278 g/mol. The fraction of sp³-hybridized carbons (Fsp3) is 0.273. The van der Waals surface area contributed by atoms with Crippen LogP contribution in [0.25, 0.3) is 0 Å². The highest BCUT2D eigenvalue weighted by atomic mass is 19.3. The average Bonchev–Trinajstić information content (AvgIpc) is 2.38. The number of rotatable bonds is 4. The van der Waals surface area contributed by atoms with Crippen molar-refractivity contribution in [2.45, 2.75) is 12.3 Å². The highest BCUT2D eigenvalue weighted by Crippen LogP contribution is 2.25. The van der Waals surface area contributed by atoms with Crippen LogP contribution >= 0.6 is 0 Å². The van der Waals surface area contributed by atoms with Gasteiger partial charge in [0.2, 0.25) is 0 Å². The Bertz CT molecular complexity index is 491. The van der Waals surface area contributed by atoms with Crippen LogP contribution in [0.15, 0.2) is 24.3 Å². The van der Waals surface area contributed by atoms with Crippen molar-refractivity contribution in [1.82, 2.24) is 5.32 Å². The van der Waals surface area contributed by atoms with E-state index < -0.39 is 24.2 Å². The first-order chi connectivity index (χ1) is 8.80. The number of benzene rings is 1. The molecule has 0 heterocycles. The van der Waals surface area contributed by atoms with E-state index in [1.807, 2.05) is 0 Å². The fourth-order valence-corrected chi connectivity index (χ4v) is 1.23. The lowest BCUT2D eigenvalue weighted by Crippen LogP contribution is -2.41. The minimum Gasteiger partial charge on any atom is -0.355 e. The van der Waals surface area contributed by atoms with Crippen molar-refractivity contribution >= 4 is 17.5 Å². The molecule has 0 aliphatic heterocycles. The van der Waals surface area contributed by atoms with E-state index in [0.717, 1.165) is 6.07 Å². The van der Waals surface area contributed by atoms with E-state index in [0.29, 0.717) is 0 Å². The SMILES string of the molecule is CNC(=O)c1ccccc1NC(=O)C(F)(F)C(F)F. The minimum absolute atomic E-state index is 0.108. The van der Waals surface area contributed by atoms with Crippen LogP contribution in [0.4, 0.5) is 23.2 Å². The molecule has 2 amide bonds. The maximum Gasteiger partial charge on any atom is 0.383 e. The first-order valence-corrected chi connectivity index (χ1v) is 5.09. The van der Waals surface area contributed by atoms with Gasteiger partial charge in [0, 0.05) is 7.05 Å². The molecule has 0 fully saturated rings. The molecular formula is C11H10F4N2O2. The van der Waals surface area contributed by atoms with Crippen molar-refractivity contribution in [1.29, 1.82) is 0 Å². The van der Waals surface area contributed by atoms with Crippen LogP contribution in [0.1, 0.15) is 10.4 Å². The normalized spacial score (nSPS) is 11.3. The number of nitrogens with one attached hydrogen (secondary N) is 2. The lowest BCUT2D eigenvalue weighted by atomic mass is 10.1. The summed E-state index contributed by atoms with van der Waals surface area (Å²) in [6, 6.07) is 5.22. The van der Waals surface area contributed by atoms with Gasteiger partial charge in [-0.15, -0.1) is 0 Å². The van der Waals surface area contributed by atoms with Crippen LogP contribution in [-0.2, 0) is 4.79 Å². The molecule has 19 heavy (non-hydrogen) atoms. The second-order valence-electron chi connectivity index (χ2n) is 3.50. The molecule has 8 heteroatoms. The summed E-state index contributed by atoms with van der Waals surface area (Å²) < 4.78 is 49.6. The Morgan fingerprint density at radius 1 is 1.21 bits per heavy atom. The topological polar surface area (TPSA) is 58.2 Å². The molecule has 0 bridgehead atoms. The molecular weight excluding hydrogens is 268 g/mol. The number of carbonyl (C=O) groups is 2.